The number of nitrogens with one attached hydrogen (secondary N) is 1. The second-order valence-electron chi connectivity index (χ2n) is 3.69. The smallest absolute Gasteiger partial charge is 0.238 e. The first-order chi connectivity index (χ1) is 7.63. The monoisotopic (exact) mass is 217 g/mol. The summed E-state index contributed by atoms with van der Waals surface area (Å²) in [5, 5.41) is 11.3. The van der Waals surface area contributed by atoms with Crippen molar-refractivity contribution in [2.75, 3.05) is 25.5 Å². The van der Waals surface area contributed by atoms with E-state index in [0.717, 1.165) is 11.3 Å². The first-order valence-corrected chi connectivity index (χ1v) is 5.04. The molecule has 0 saturated carbocycles. The fourth-order valence-corrected chi connectivity index (χ4v) is 1.32. The number of aryl methyl sites for hydroxylation is 1. The van der Waals surface area contributed by atoms with Gasteiger partial charge in [0.1, 0.15) is 0 Å². The van der Waals surface area contributed by atoms with Crippen LogP contribution in [0.3, 0.4) is 0 Å². The standard InChI is InChI=1S/C12H15N3O/c1-10-5-3-4-6-11(10)14-12(16)9-15(2)8-7-13/h3-6H,8-9H2,1-2H3,(H,14,16). The van der Waals surface area contributed by atoms with Gasteiger partial charge in [-0.2, -0.15) is 5.26 Å². The number of nitrogens with zero attached hydrogens (tertiary/aromatic N) is 2. The second kappa shape index (κ2) is 5.89. The molecule has 4 nitrogen and oxygen atoms in total. The van der Waals surface area contributed by atoms with Crippen molar-refractivity contribution >= 4 is 11.6 Å². The lowest BCUT2D eigenvalue weighted by molar-refractivity contribution is -0.116. The van der Waals surface area contributed by atoms with E-state index in [-0.39, 0.29) is 19.0 Å². The molecule has 0 aromatic heterocycles. The molecule has 0 saturated heterocycles. The summed E-state index contributed by atoms with van der Waals surface area (Å²) in [6, 6.07) is 9.59. The van der Waals surface area contributed by atoms with Gasteiger partial charge in [0.05, 0.1) is 19.2 Å². The summed E-state index contributed by atoms with van der Waals surface area (Å²) in [6.07, 6.45) is 0. The van der Waals surface area contributed by atoms with Crippen LogP contribution in [0.4, 0.5) is 5.69 Å². The Balaban J connectivity index is 2.53. The highest BCUT2D eigenvalue weighted by molar-refractivity contribution is 5.92. The number of rotatable bonds is 4. The van der Waals surface area contributed by atoms with Crippen LogP contribution in [-0.4, -0.2) is 30.9 Å². The van der Waals surface area contributed by atoms with Crippen molar-refractivity contribution in [3.8, 4) is 6.07 Å². The number of para-hydroxylation sites is 1. The van der Waals surface area contributed by atoms with E-state index >= 15 is 0 Å². The molecule has 0 heterocycles. The first-order valence-electron chi connectivity index (χ1n) is 5.04. The minimum Gasteiger partial charge on any atom is -0.325 e. The maximum Gasteiger partial charge on any atom is 0.238 e. The van der Waals surface area contributed by atoms with Gasteiger partial charge in [-0.1, -0.05) is 18.2 Å². The average Bonchev–Trinajstić information content (AvgIpc) is 2.21. The van der Waals surface area contributed by atoms with Gasteiger partial charge in [-0.25, -0.2) is 0 Å². The molecular formula is C12H15N3O. The third-order valence-corrected chi connectivity index (χ3v) is 2.17. The molecule has 0 spiro atoms. The first kappa shape index (κ1) is 12.2. The molecular weight excluding hydrogens is 202 g/mol. The molecule has 1 N–H and O–H groups in total. The van der Waals surface area contributed by atoms with E-state index in [1.807, 2.05) is 37.3 Å². The molecule has 1 aromatic rings. The van der Waals surface area contributed by atoms with Crippen molar-refractivity contribution in [2.24, 2.45) is 0 Å². The van der Waals surface area contributed by atoms with E-state index in [1.54, 1.807) is 11.9 Å². The van der Waals surface area contributed by atoms with Gasteiger partial charge in [-0.05, 0) is 25.6 Å². The van der Waals surface area contributed by atoms with Crippen LogP contribution < -0.4 is 5.32 Å². The Kier molecular flexibility index (Phi) is 4.49. The number of carbonyl (C=O) groups is 1. The van der Waals surface area contributed by atoms with Crippen LogP contribution in [0.15, 0.2) is 24.3 Å². The summed E-state index contributed by atoms with van der Waals surface area (Å²) in [5.74, 6) is -0.105. The normalized spacial score (nSPS) is 9.88. The third kappa shape index (κ3) is 3.71. The Morgan fingerprint density at radius 3 is 2.81 bits per heavy atom. The fraction of sp³-hybridized carbons (Fsp3) is 0.333. The lowest BCUT2D eigenvalue weighted by Gasteiger charge is -2.13. The van der Waals surface area contributed by atoms with E-state index < -0.39 is 0 Å². The number of hydrogen-bond acceptors (Lipinski definition) is 3. The highest BCUT2D eigenvalue weighted by Crippen LogP contribution is 2.12. The molecule has 4 heteroatoms. The second-order valence-corrected chi connectivity index (χ2v) is 3.69. The predicted molar refractivity (Wildman–Crippen MR) is 62.9 cm³/mol. The topological polar surface area (TPSA) is 56.1 Å². The average molecular weight is 217 g/mol. The zero-order valence-corrected chi connectivity index (χ0v) is 9.53. The van der Waals surface area contributed by atoms with Crippen molar-refractivity contribution in [1.82, 2.24) is 4.90 Å². The Bertz CT molecular complexity index is 409. The Labute approximate surface area is 95.5 Å². The number of hydrogen-bond donors (Lipinski definition) is 1. The molecule has 0 bridgehead atoms. The molecule has 1 rings (SSSR count). The highest BCUT2D eigenvalue weighted by atomic mass is 16.2. The van der Waals surface area contributed by atoms with Gasteiger partial charge in [0, 0.05) is 5.69 Å². The summed E-state index contributed by atoms with van der Waals surface area (Å²) in [7, 11) is 1.74. The molecule has 0 radical (unpaired) electrons. The van der Waals surface area contributed by atoms with Crippen molar-refractivity contribution < 1.29 is 4.79 Å². The van der Waals surface area contributed by atoms with Crippen molar-refractivity contribution in [1.29, 1.82) is 5.26 Å². The minimum atomic E-state index is -0.105. The summed E-state index contributed by atoms with van der Waals surface area (Å²) in [5.41, 5.74) is 1.84. The lowest BCUT2D eigenvalue weighted by Crippen LogP contribution is -2.30. The van der Waals surface area contributed by atoms with E-state index in [0.29, 0.717) is 0 Å². The van der Waals surface area contributed by atoms with Crippen LogP contribution in [-0.2, 0) is 4.79 Å². The number of likely N-dealkylation sites (N-methyl/N-ethyl adjacent to an activating group) is 1. The maximum absolute atomic E-state index is 11.6. The van der Waals surface area contributed by atoms with Gasteiger partial charge < -0.3 is 5.32 Å². The molecule has 0 aliphatic rings. The Morgan fingerprint density at radius 1 is 1.50 bits per heavy atom. The number of benzene rings is 1. The molecule has 16 heavy (non-hydrogen) atoms. The molecule has 0 aliphatic heterocycles. The molecule has 0 unspecified atom stereocenters. The number of amides is 1. The van der Waals surface area contributed by atoms with Crippen LogP contribution in [0.2, 0.25) is 0 Å². The van der Waals surface area contributed by atoms with Crippen LogP contribution in [0.1, 0.15) is 5.56 Å². The fourth-order valence-electron chi connectivity index (χ4n) is 1.32. The van der Waals surface area contributed by atoms with Gasteiger partial charge >= 0.3 is 0 Å². The van der Waals surface area contributed by atoms with Crippen molar-refractivity contribution in [3.63, 3.8) is 0 Å². The molecule has 0 fully saturated rings. The zero-order valence-electron chi connectivity index (χ0n) is 9.53. The van der Waals surface area contributed by atoms with E-state index in [9.17, 15) is 4.79 Å². The van der Waals surface area contributed by atoms with Gasteiger partial charge in [-0.15, -0.1) is 0 Å². The van der Waals surface area contributed by atoms with Crippen LogP contribution in [0.5, 0.6) is 0 Å². The Morgan fingerprint density at radius 2 is 2.19 bits per heavy atom. The van der Waals surface area contributed by atoms with Crippen LogP contribution in [0.25, 0.3) is 0 Å². The van der Waals surface area contributed by atoms with Crippen LogP contribution in [0, 0.1) is 18.3 Å². The SMILES string of the molecule is Cc1ccccc1NC(=O)CN(C)CC#N. The summed E-state index contributed by atoms with van der Waals surface area (Å²) in [6.45, 7) is 2.41. The summed E-state index contributed by atoms with van der Waals surface area (Å²) >= 11 is 0. The van der Waals surface area contributed by atoms with Gasteiger partial charge in [0.25, 0.3) is 0 Å². The predicted octanol–water partition coefficient (Wildman–Crippen LogP) is 1.39. The van der Waals surface area contributed by atoms with E-state index in [1.165, 1.54) is 0 Å². The number of anilines is 1. The van der Waals surface area contributed by atoms with E-state index in [4.69, 9.17) is 5.26 Å². The molecule has 1 amide bonds. The maximum atomic E-state index is 11.6. The van der Waals surface area contributed by atoms with Crippen molar-refractivity contribution in [3.05, 3.63) is 29.8 Å². The largest absolute Gasteiger partial charge is 0.325 e. The summed E-state index contributed by atoms with van der Waals surface area (Å²) in [4.78, 5) is 13.2. The van der Waals surface area contributed by atoms with Crippen molar-refractivity contribution in [2.45, 2.75) is 6.92 Å². The van der Waals surface area contributed by atoms with Gasteiger partial charge in [-0.3, -0.25) is 9.69 Å². The third-order valence-electron chi connectivity index (χ3n) is 2.17. The van der Waals surface area contributed by atoms with Gasteiger partial charge in [0.2, 0.25) is 5.91 Å². The number of nitriles is 1. The molecule has 84 valence electrons. The van der Waals surface area contributed by atoms with E-state index in [2.05, 4.69) is 5.32 Å². The molecule has 0 aliphatic carbocycles. The quantitative estimate of drug-likeness (QED) is 0.775. The van der Waals surface area contributed by atoms with Crippen LogP contribution >= 0.6 is 0 Å². The lowest BCUT2D eigenvalue weighted by atomic mass is 10.2. The highest BCUT2D eigenvalue weighted by Gasteiger charge is 2.07. The summed E-state index contributed by atoms with van der Waals surface area (Å²) < 4.78 is 0. The molecule has 0 atom stereocenters. The van der Waals surface area contributed by atoms with Gasteiger partial charge in [0.15, 0.2) is 0 Å². The number of carbonyl (C=O) groups excluding carboxylic acids is 1. The Hall–Kier alpha value is -1.86. The minimum absolute atomic E-state index is 0.105. The zero-order chi connectivity index (χ0) is 12.0. The molecule has 1 aromatic carbocycles.